The number of carbonyl (C=O) groups is 2. The maximum Gasteiger partial charge on any atom is 0.335 e. The van der Waals surface area contributed by atoms with Gasteiger partial charge in [0.1, 0.15) is 0 Å². The lowest BCUT2D eigenvalue weighted by Crippen LogP contribution is -2.52. The van der Waals surface area contributed by atoms with Crippen LogP contribution in [-0.2, 0) is 9.59 Å². The van der Waals surface area contributed by atoms with Crippen LogP contribution in [0.4, 0.5) is 0 Å². The molecule has 2 heterocycles. The quantitative estimate of drug-likeness (QED) is 0.801. The van der Waals surface area contributed by atoms with Crippen molar-refractivity contribution >= 4 is 11.9 Å². The maximum atomic E-state index is 13.0. The zero-order valence-electron chi connectivity index (χ0n) is 15.3. The van der Waals surface area contributed by atoms with Gasteiger partial charge >= 0.3 is 5.97 Å². The largest absolute Gasteiger partial charge is 0.479 e. The van der Waals surface area contributed by atoms with Crippen LogP contribution in [0.15, 0.2) is 30.3 Å². The Morgan fingerprint density at radius 2 is 1.78 bits per heavy atom. The molecule has 9 nitrogen and oxygen atoms in total. The zero-order valence-corrected chi connectivity index (χ0v) is 15.3. The van der Waals surface area contributed by atoms with E-state index >= 15 is 0 Å². The number of hydrogen-bond acceptors (Lipinski definition) is 6. The molecule has 2 aromatic rings. The first-order chi connectivity index (χ1) is 12.8. The van der Waals surface area contributed by atoms with Crippen molar-refractivity contribution in [2.24, 2.45) is 5.92 Å². The summed E-state index contributed by atoms with van der Waals surface area (Å²) in [5, 5.41) is 31.7. The Morgan fingerprint density at radius 3 is 2.33 bits per heavy atom. The Morgan fingerprint density at radius 1 is 1.15 bits per heavy atom. The number of nitrogens with zero attached hydrogens (tertiary/aromatic N) is 5. The smallest absolute Gasteiger partial charge is 0.335 e. The van der Waals surface area contributed by atoms with E-state index in [1.807, 2.05) is 44.2 Å². The first-order valence-corrected chi connectivity index (χ1v) is 8.91. The third-order valence-corrected chi connectivity index (χ3v) is 4.89. The molecule has 0 aliphatic carbocycles. The zero-order chi connectivity index (χ0) is 19.6. The Kier molecular flexibility index (Phi) is 5.22. The van der Waals surface area contributed by atoms with Gasteiger partial charge in [0, 0.05) is 31.5 Å². The van der Waals surface area contributed by atoms with E-state index in [1.54, 1.807) is 4.90 Å². The fourth-order valence-corrected chi connectivity index (χ4v) is 3.19. The molecule has 1 aliphatic rings. The maximum absolute atomic E-state index is 13.0. The number of aromatic nitrogens is 4. The van der Waals surface area contributed by atoms with Crippen LogP contribution in [0.25, 0.3) is 11.4 Å². The minimum absolute atomic E-state index is 0.00105. The number of aliphatic hydroxyl groups is 1. The lowest BCUT2D eigenvalue weighted by atomic mass is 9.91. The molecule has 1 amide bonds. The van der Waals surface area contributed by atoms with Gasteiger partial charge in [-0.25, -0.2) is 4.79 Å². The molecule has 1 aromatic heterocycles. The van der Waals surface area contributed by atoms with Crippen molar-refractivity contribution in [1.82, 2.24) is 25.1 Å². The summed E-state index contributed by atoms with van der Waals surface area (Å²) >= 11 is 0. The molecule has 144 valence electrons. The van der Waals surface area contributed by atoms with Crippen molar-refractivity contribution in [1.29, 1.82) is 0 Å². The molecule has 1 unspecified atom stereocenters. The molecule has 2 N–H and O–H groups in total. The lowest BCUT2D eigenvalue weighted by molar-refractivity contribution is -0.166. The normalized spacial score (nSPS) is 17.7. The Balaban J connectivity index is 1.78. The summed E-state index contributed by atoms with van der Waals surface area (Å²) in [5.41, 5.74) is -0.959. The number of benzene rings is 1. The van der Waals surface area contributed by atoms with Crippen LogP contribution < -0.4 is 0 Å². The monoisotopic (exact) mass is 373 g/mol. The van der Waals surface area contributed by atoms with Crippen molar-refractivity contribution < 1.29 is 19.8 Å². The summed E-state index contributed by atoms with van der Waals surface area (Å²) in [6.07, 6.45) is -0.00210. The van der Waals surface area contributed by atoms with Crippen molar-refractivity contribution in [2.45, 2.75) is 38.3 Å². The minimum atomic E-state index is -1.77. The molecule has 0 saturated carbocycles. The second-order valence-electron chi connectivity index (χ2n) is 7.15. The average molecular weight is 373 g/mol. The van der Waals surface area contributed by atoms with Gasteiger partial charge in [0.05, 0.1) is 0 Å². The SMILES string of the molecule is CC(C)C(C(=O)N1CCC(O)(C(=O)O)CC1)n1nnc(-c2ccccc2)n1. The van der Waals surface area contributed by atoms with Crippen molar-refractivity contribution in [3.05, 3.63) is 30.3 Å². The van der Waals surface area contributed by atoms with Gasteiger partial charge in [0.15, 0.2) is 11.6 Å². The van der Waals surface area contributed by atoms with Gasteiger partial charge in [-0.2, -0.15) is 4.80 Å². The molecule has 1 fully saturated rings. The van der Waals surface area contributed by atoms with Crippen molar-refractivity contribution in [3.8, 4) is 11.4 Å². The number of hydrogen-bond donors (Lipinski definition) is 2. The fourth-order valence-electron chi connectivity index (χ4n) is 3.19. The molecule has 27 heavy (non-hydrogen) atoms. The highest BCUT2D eigenvalue weighted by atomic mass is 16.4. The molecule has 9 heteroatoms. The molecular formula is C18H23N5O4. The topological polar surface area (TPSA) is 121 Å². The lowest BCUT2D eigenvalue weighted by Gasteiger charge is -2.37. The van der Waals surface area contributed by atoms with E-state index in [4.69, 9.17) is 5.11 Å². The van der Waals surface area contributed by atoms with Crippen molar-refractivity contribution in [3.63, 3.8) is 0 Å². The van der Waals surface area contributed by atoms with E-state index in [2.05, 4.69) is 15.4 Å². The number of carboxylic acid groups (broad SMARTS) is 1. The third kappa shape index (κ3) is 3.82. The van der Waals surface area contributed by atoms with E-state index in [-0.39, 0.29) is 37.8 Å². The second-order valence-corrected chi connectivity index (χ2v) is 7.15. The predicted molar refractivity (Wildman–Crippen MR) is 95.5 cm³/mol. The van der Waals surface area contributed by atoms with Gasteiger partial charge in [0.25, 0.3) is 0 Å². The number of carboxylic acids is 1. The highest BCUT2D eigenvalue weighted by Crippen LogP contribution is 2.27. The Hall–Kier alpha value is -2.81. The average Bonchev–Trinajstić information content (AvgIpc) is 3.12. The van der Waals surface area contributed by atoms with Crippen LogP contribution >= 0.6 is 0 Å². The molecule has 1 atom stereocenters. The molecule has 0 spiro atoms. The van der Waals surface area contributed by atoms with Crippen LogP contribution in [0.1, 0.15) is 32.7 Å². The number of aliphatic carboxylic acids is 1. The summed E-state index contributed by atoms with van der Waals surface area (Å²) in [6.45, 7) is 4.13. The van der Waals surface area contributed by atoms with Gasteiger partial charge in [-0.05, 0) is 11.1 Å². The van der Waals surface area contributed by atoms with Crippen LogP contribution in [0.3, 0.4) is 0 Å². The van der Waals surface area contributed by atoms with E-state index in [0.717, 1.165) is 5.56 Å². The molecule has 1 aliphatic heterocycles. The highest BCUT2D eigenvalue weighted by molar-refractivity contribution is 5.82. The molecule has 0 radical (unpaired) electrons. The standard InChI is InChI=1S/C18H23N5O4/c1-12(2)14(16(24)22-10-8-18(27,9-11-22)17(25)26)23-20-15(19-21-23)13-6-4-3-5-7-13/h3-7,12,14,27H,8-11H2,1-2H3,(H,25,26). The number of carbonyl (C=O) groups excluding carboxylic acids is 1. The Bertz CT molecular complexity index is 812. The van der Waals surface area contributed by atoms with Gasteiger partial charge in [-0.15, -0.1) is 10.2 Å². The van der Waals surface area contributed by atoms with Crippen LogP contribution in [0.2, 0.25) is 0 Å². The minimum Gasteiger partial charge on any atom is -0.479 e. The summed E-state index contributed by atoms with van der Waals surface area (Å²) in [6, 6.07) is 8.72. The van der Waals surface area contributed by atoms with E-state index in [9.17, 15) is 14.7 Å². The highest BCUT2D eigenvalue weighted by Gasteiger charge is 2.42. The summed E-state index contributed by atoms with van der Waals surface area (Å²) in [7, 11) is 0. The number of amides is 1. The first kappa shape index (κ1) is 19.0. The van der Waals surface area contributed by atoms with Crippen LogP contribution in [0, 0.1) is 5.92 Å². The molecule has 3 rings (SSSR count). The second kappa shape index (κ2) is 7.43. The molecule has 1 aromatic carbocycles. The van der Waals surface area contributed by atoms with Gasteiger partial charge in [0.2, 0.25) is 11.7 Å². The van der Waals surface area contributed by atoms with E-state index < -0.39 is 17.6 Å². The van der Waals surface area contributed by atoms with Crippen LogP contribution in [0.5, 0.6) is 0 Å². The summed E-state index contributed by atoms with van der Waals surface area (Å²) < 4.78 is 0. The number of rotatable bonds is 5. The Labute approximate surface area is 156 Å². The van der Waals surface area contributed by atoms with E-state index in [1.165, 1.54) is 4.80 Å². The van der Waals surface area contributed by atoms with Crippen LogP contribution in [-0.4, -0.2) is 65.9 Å². The number of piperidine rings is 1. The number of likely N-dealkylation sites (tertiary alicyclic amines) is 1. The third-order valence-electron chi connectivity index (χ3n) is 4.89. The first-order valence-electron chi connectivity index (χ1n) is 8.91. The summed E-state index contributed by atoms with van der Waals surface area (Å²) in [5.74, 6) is -1.10. The fraction of sp³-hybridized carbons (Fsp3) is 0.500. The summed E-state index contributed by atoms with van der Waals surface area (Å²) in [4.78, 5) is 27.1. The predicted octanol–water partition coefficient (Wildman–Crippen LogP) is 0.975. The van der Waals surface area contributed by atoms with Gasteiger partial charge < -0.3 is 15.1 Å². The molecule has 0 bridgehead atoms. The van der Waals surface area contributed by atoms with E-state index in [0.29, 0.717) is 5.82 Å². The molecular weight excluding hydrogens is 350 g/mol. The van der Waals surface area contributed by atoms with Crippen molar-refractivity contribution in [2.75, 3.05) is 13.1 Å². The molecule has 1 saturated heterocycles. The number of tetrazole rings is 1. The van der Waals surface area contributed by atoms with Gasteiger partial charge in [-0.1, -0.05) is 44.2 Å². The van der Waals surface area contributed by atoms with Gasteiger partial charge in [-0.3, -0.25) is 4.79 Å².